The molecule has 2 rings (SSSR count). The summed E-state index contributed by atoms with van der Waals surface area (Å²) in [7, 11) is 0. The van der Waals surface area contributed by atoms with Gasteiger partial charge in [-0.2, -0.15) is 0 Å². The Balaban J connectivity index is 1.86. The minimum atomic E-state index is 0.928. The number of hydrogen-bond donors (Lipinski definition) is 1. The SMILES string of the molecule is C(=C1/CCCNCC1)/C1CCCCC1. The van der Waals surface area contributed by atoms with Gasteiger partial charge in [-0.05, 0) is 51.1 Å². The van der Waals surface area contributed by atoms with Crippen molar-refractivity contribution >= 4 is 0 Å². The molecule has 1 saturated carbocycles. The van der Waals surface area contributed by atoms with E-state index in [1.54, 1.807) is 5.57 Å². The average molecular weight is 193 g/mol. The number of nitrogens with one attached hydrogen (secondary N) is 1. The Morgan fingerprint density at radius 1 is 0.929 bits per heavy atom. The van der Waals surface area contributed by atoms with Crippen LogP contribution in [0.4, 0.5) is 0 Å². The second-order valence-corrected chi connectivity index (χ2v) is 4.83. The lowest BCUT2D eigenvalue weighted by atomic mass is 9.87. The van der Waals surface area contributed by atoms with Crippen LogP contribution in [0, 0.1) is 5.92 Å². The van der Waals surface area contributed by atoms with Crippen LogP contribution in [-0.2, 0) is 0 Å². The zero-order valence-corrected chi connectivity index (χ0v) is 9.23. The van der Waals surface area contributed by atoms with Crippen molar-refractivity contribution in [3.8, 4) is 0 Å². The summed E-state index contributed by atoms with van der Waals surface area (Å²) >= 11 is 0. The number of hydrogen-bond acceptors (Lipinski definition) is 1. The predicted molar refractivity (Wildman–Crippen MR) is 61.4 cm³/mol. The molecule has 1 aliphatic carbocycles. The first-order valence-electron chi connectivity index (χ1n) is 6.35. The van der Waals surface area contributed by atoms with Crippen molar-refractivity contribution in [2.24, 2.45) is 5.92 Å². The second kappa shape index (κ2) is 5.55. The van der Waals surface area contributed by atoms with E-state index in [2.05, 4.69) is 11.4 Å². The molecule has 1 heteroatoms. The van der Waals surface area contributed by atoms with Crippen LogP contribution in [0.15, 0.2) is 11.6 Å². The van der Waals surface area contributed by atoms with Gasteiger partial charge in [-0.3, -0.25) is 0 Å². The van der Waals surface area contributed by atoms with E-state index in [0.717, 1.165) is 5.92 Å². The molecule has 0 atom stereocenters. The van der Waals surface area contributed by atoms with Crippen LogP contribution >= 0.6 is 0 Å². The van der Waals surface area contributed by atoms with Crippen LogP contribution in [0.1, 0.15) is 51.4 Å². The lowest BCUT2D eigenvalue weighted by molar-refractivity contribution is 0.416. The molecular weight excluding hydrogens is 170 g/mol. The number of rotatable bonds is 1. The molecule has 1 heterocycles. The van der Waals surface area contributed by atoms with Gasteiger partial charge in [0.05, 0.1) is 0 Å². The molecule has 0 amide bonds. The van der Waals surface area contributed by atoms with Crippen molar-refractivity contribution in [2.75, 3.05) is 13.1 Å². The first-order chi connectivity index (χ1) is 6.95. The molecule has 80 valence electrons. The maximum Gasteiger partial charge on any atom is -0.00116 e. The standard InChI is InChI=1S/C13H23N/c1-2-5-12(6-3-1)11-13-7-4-9-14-10-8-13/h11-12,14H,1-10H2/b13-11+. The summed E-state index contributed by atoms with van der Waals surface area (Å²) in [5, 5.41) is 3.47. The van der Waals surface area contributed by atoms with Crippen molar-refractivity contribution < 1.29 is 0 Å². The van der Waals surface area contributed by atoms with Crippen molar-refractivity contribution in [1.29, 1.82) is 0 Å². The summed E-state index contributed by atoms with van der Waals surface area (Å²) in [6.45, 7) is 2.43. The van der Waals surface area contributed by atoms with Crippen LogP contribution in [0.5, 0.6) is 0 Å². The molecule has 0 aromatic carbocycles. The highest BCUT2D eigenvalue weighted by Gasteiger charge is 2.12. The van der Waals surface area contributed by atoms with Crippen LogP contribution in [0.2, 0.25) is 0 Å². The average Bonchev–Trinajstić information content (AvgIpc) is 2.48. The van der Waals surface area contributed by atoms with E-state index in [4.69, 9.17) is 0 Å². The molecule has 1 aliphatic heterocycles. The quantitative estimate of drug-likeness (QED) is 0.630. The third-order valence-corrected chi connectivity index (χ3v) is 3.60. The third kappa shape index (κ3) is 3.13. The fraction of sp³-hybridized carbons (Fsp3) is 0.846. The predicted octanol–water partition coefficient (Wildman–Crippen LogP) is 3.27. The Labute approximate surface area is 88.0 Å². The summed E-state index contributed by atoms with van der Waals surface area (Å²) in [6.07, 6.45) is 13.9. The van der Waals surface area contributed by atoms with E-state index in [9.17, 15) is 0 Å². The second-order valence-electron chi connectivity index (χ2n) is 4.83. The Hall–Kier alpha value is -0.300. The molecule has 0 bridgehead atoms. The molecule has 14 heavy (non-hydrogen) atoms. The van der Waals surface area contributed by atoms with E-state index in [1.807, 2.05) is 0 Å². The van der Waals surface area contributed by atoms with Crippen LogP contribution in [-0.4, -0.2) is 13.1 Å². The van der Waals surface area contributed by atoms with Crippen LogP contribution < -0.4 is 5.32 Å². The van der Waals surface area contributed by atoms with Gasteiger partial charge >= 0.3 is 0 Å². The summed E-state index contributed by atoms with van der Waals surface area (Å²) in [5.41, 5.74) is 1.74. The molecule has 1 nitrogen and oxygen atoms in total. The Bertz CT molecular complexity index is 179. The van der Waals surface area contributed by atoms with Crippen molar-refractivity contribution in [1.82, 2.24) is 5.32 Å². The van der Waals surface area contributed by atoms with Gasteiger partial charge < -0.3 is 5.32 Å². The highest BCUT2D eigenvalue weighted by molar-refractivity contribution is 5.06. The first kappa shape index (κ1) is 10.2. The fourth-order valence-electron chi connectivity index (χ4n) is 2.74. The lowest BCUT2D eigenvalue weighted by Crippen LogP contribution is -2.13. The van der Waals surface area contributed by atoms with Crippen molar-refractivity contribution in [3.05, 3.63) is 11.6 Å². The highest BCUT2D eigenvalue weighted by Crippen LogP contribution is 2.27. The van der Waals surface area contributed by atoms with E-state index in [-0.39, 0.29) is 0 Å². The van der Waals surface area contributed by atoms with E-state index >= 15 is 0 Å². The Kier molecular flexibility index (Phi) is 4.05. The summed E-state index contributed by atoms with van der Waals surface area (Å²) in [6, 6.07) is 0. The van der Waals surface area contributed by atoms with Gasteiger partial charge in [0.2, 0.25) is 0 Å². The summed E-state index contributed by atoms with van der Waals surface area (Å²) in [5.74, 6) is 0.928. The molecule has 0 spiro atoms. The van der Waals surface area contributed by atoms with E-state index in [1.165, 1.54) is 64.5 Å². The van der Waals surface area contributed by atoms with Crippen LogP contribution in [0.25, 0.3) is 0 Å². The van der Waals surface area contributed by atoms with E-state index in [0.29, 0.717) is 0 Å². The van der Waals surface area contributed by atoms with Gasteiger partial charge in [0.1, 0.15) is 0 Å². The maximum absolute atomic E-state index is 3.47. The number of allylic oxidation sites excluding steroid dienone is 1. The minimum Gasteiger partial charge on any atom is -0.316 e. The minimum absolute atomic E-state index is 0.928. The zero-order chi connectivity index (χ0) is 9.64. The molecule has 0 aromatic rings. The topological polar surface area (TPSA) is 12.0 Å². The van der Waals surface area contributed by atoms with E-state index < -0.39 is 0 Å². The normalized spacial score (nSPS) is 29.0. The van der Waals surface area contributed by atoms with Crippen LogP contribution in [0.3, 0.4) is 0 Å². The van der Waals surface area contributed by atoms with Gasteiger partial charge in [-0.15, -0.1) is 0 Å². The lowest BCUT2D eigenvalue weighted by Gasteiger charge is -2.19. The molecule has 0 unspecified atom stereocenters. The van der Waals surface area contributed by atoms with Gasteiger partial charge in [0, 0.05) is 0 Å². The molecule has 0 aromatic heterocycles. The zero-order valence-electron chi connectivity index (χ0n) is 9.23. The monoisotopic (exact) mass is 193 g/mol. The Morgan fingerprint density at radius 2 is 1.79 bits per heavy atom. The summed E-state index contributed by atoms with van der Waals surface area (Å²) < 4.78 is 0. The van der Waals surface area contributed by atoms with Gasteiger partial charge in [-0.1, -0.05) is 30.9 Å². The van der Waals surface area contributed by atoms with Crippen molar-refractivity contribution in [2.45, 2.75) is 51.4 Å². The highest BCUT2D eigenvalue weighted by atomic mass is 14.8. The third-order valence-electron chi connectivity index (χ3n) is 3.60. The smallest absolute Gasteiger partial charge is 0.00116 e. The molecular formula is C13H23N. The molecule has 2 aliphatic rings. The molecule has 1 saturated heterocycles. The molecule has 1 N–H and O–H groups in total. The molecule has 2 fully saturated rings. The maximum atomic E-state index is 3.47. The first-order valence-corrected chi connectivity index (χ1v) is 6.35. The van der Waals surface area contributed by atoms with Gasteiger partial charge in [0.15, 0.2) is 0 Å². The van der Waals surface area contributed by atoms with Gasteiger partial charge in [-0.25, -0.2) is 0 Å². The van der Waals surface area contributed by atoms with Crippen molar-refractivity contribution in [3.63, 3.8) is 0 Å². The summed E-state index contributed by atoms with van der Waals surface area (Å²) in [4.78, 5) is 0. The largest absolute Gasteiger partial charge is 0.316 e. The fourth-order valence-corrected chi connectivity index (χ4v) is 2.74. The van der Waals surface area contributed by atoms with Gasteiger partial charge in [0.25, 0.3) is 0 Å². The molecule has 0 radical (unpaired) electrons. The Morgan fingerprint density at radius 3 is 2.64 bits per heavy atom.